The van der Waals surface area contributed by atoms with E-state index in [1.165, 1.54) is 28.9 Å². The van der Waals surface area contributed by atoms with E-state index in [0.29, 0.717) is 41.6 Å². The van der Waals surface area contributed by atoms with Crippen LogP contribution >= 0.6 is 0 Å². The van der Waals surface area contributed by atoms with Gasteiger partial charge in [-0.05, 0) is 44.0 Å². The van der Waals surface area contributed by atoms with Crippen LogP contribution < -0.4 is 9.47 Å². The Hall–Kier alpha value is -4.55. The molecule has 3 aromatic rings. The molecule has 1 aliphatic carbocycles. The number of aryl methyl sites for hydroxylation is 2. The number of hydrogen-bond acceptors (Lipinski definition) is 10. The van der Waals surface area contributed by atoms with Crippen LogP contribution in [0.2, 0.25) is 0 Å². The maximum absolute atomic E-state index is 12.1. The number of rotatable bonds is 9. The van der Waals surface area contributed by atoms with Crippen LogP contribution in [0.1, 0.15) is 24.2 Å². The highest BCUT2D eigenvalue weighted by Gasteiger charge is 2.37. The zero-order valence-electron chi connectivity index (χ0n) is 19.5. The van der Waals surface area contributed by atoms with Crippen molar-refractivity contribution >= 4 is 17.8 Å². The summed E-state index contributed by atoms with van der Waals surface area (Å²) >= 11 is 0. The average molecular weight is 497 g/mol. The van der Waals surface area contributed by atoms with Gasteiger partial charge in [0, 0.05) is 25.1 Å². The van der Waals surface area contributed by atoms with Crippen molar-refractivity contribution in [2.45, 2.75) is 26.4 Å². The molecule has 1 aliphatic rings. The first-order chi connectivity index (χ1) is 17.2. The molecule has 1 aromatic carbocycles. The predicted molar refractivity (Wildman–Crippen MR) is 122 cm³/mol. The summed E-state index contributed by atoms with van der Waals surface area (Å²) in [6.45, 7) is 1.87. The van der Waals surface area contributed by atoms with Crippen molar-refractivity contribution in [2.24, 2.45) is 18.9 Å². The average Bonchev–Trinajstić information content (AvgIpc) is 3.18. The van der Waals surface area contributed by atoms with E-state index in [9.17, 15) is 24.8 Å². The van der Waals surface area contributed by atoms with E-state index < -0.39 is 17.0 Å². The summed E-state index contributed by atoms with van der Waals surface area (Å²) in [6, 6.07) is 8.43. The Labute approximate surface area is 204 Å². The zero-order chi connectivity index (χ0) is 25.8. The summed E-state index contributed by atoms with van der Waals surface area (Å²) in [4.78, 5) is 38.0. The molecule has 0 amide bonds. The monoisotopic (exact) mass is 497 g/mol. The van der Waals surface area contributed by atoms with Crippen LogP contribution in [0.3, 0.4) is 0 Å². The van der Waals surface area contributed by atoms with Crippen LogP contribution in [0.15, 0.2) is 36.4 Å². The van der Waals surface area contributed by atoms with Crippen LogP contribution in [0, 0.1) is 28.9 Å². The van der Waals surface area contributed by atoms with Crippen LogP contribution in [0.4, 0.5) is 10.5 Å². The lowest BCUT2D eigenvalue weighted by Crippen LogP contribution is -2.36. The molecule has 0 saturated heterocycles. The van der Waals surface area contributed by atoms with Crippen molar-refractivity contribution in [2.75, 3.05) is 6.61 Å². The number of carboxylic acids is 1. The van der Waals surface area contributed by atoms with Gasteiger partial charge in [0.05, 0.1) is 28.8 Å². The largest absolute Gasteiger partial charge is 0.514 e. The maximum atomic E-state index is 12.1. The lowest BCUT2D eigenvalue weighted by Gasteiger charge is -2.33. The molecule has 2 heterocycles. The second kappa shape index (κ2) is 10.4. The lowest BCUT2D eigenvalue weighted by atomic mass is 9.74. The van der Waals surface area contributed by atoms with Gasteiger partial charge >= 0.3 is 12.1 Å². The number of ether oxygens (including phenoxy) is 3. The Bertz CT molecular complexity index is 1290. The molecule has 1 fully saturated rings. The minimum Gasteiger partial charge on any atom is -0.491 e. The van der Waals surface area contributed by atoms with E-state index in [1.807, 2.05) is 0 Å². The lowest BCUT2D eigenvalue weighted by molar-refractivity contribution is -0.384. The predicted octanol–water partition coefficient (Wildman–Crippen LogP) is 3.30. The summed E-state index contributed by atoms with van der Waals surface area (Å²) in [7, 11) is 1.64. The molecule has 13 heteroatoms. The molecule has 1 saturated carbocycles. The quantitative estimate of drug-likeness (QED) is 0.199. The fourth-order valence-electron chi connectivity index (χ4n) is 3.75. The molecule has 36 heavy (non-hydrogen) atoms. The van der Waals surface area contributed by atoms with Gasteiger partial charge in [0.15, 0.2) is 0 Å². The van der Waals surface area contributed by atoms with Gasteiger partial charge < -0.3 is 19.3 Å². The van der Waals surface area contributed by atoms with Gasteiger partial charge in [-0.15, -0.1) is 5.10 Å². The highest BCUT2D eigenvalue weighted by Crippen LogP contribution is 2.35. The van der Waals surface area contributed by atoms with Crippen molar-refractivity contribution in [1.82, 2.24) is 20.0 Å². The Morgan fingerprint density at radius 1 is 1.19 bits per heavy atom. The van der Waals surface area contributed by atoms with Crippen LogP contribution in [-0.2, 0) is 23.2 Å². The SMILES string of the molecule is Cc1nc(-c2nnn(C)c2COC(=O)Oc2ccc([N+](=O)[O-])cc2)ccc1OCC1CCC1C(=O)O. The molecule has 2 unspecified atom stereocenters. The Kier molecular flexibility index (Phi) is 7.08. The smallest absolute Gasteiger partial charge is 0.491 e. The second-order valence-electron chi connectivity index (χ2n) is 8.27. The van der Waals surface area contributed by atoms with Gasteiger partial charge in [0.2, 0.25) is 0 Å². The molecule has 0 bridgehead atoms. The molecule has 13 nitrogen and oxygen atoms in total. The molecule has 188 valence electrons. The van der Waals surface area contributed by atoms with E-state index in [4.69, 9.17) is 14.2 Å². The number of carbonyl (C=O) groups excluding carboxylic acids is 1. The summed E-state index contributed by atoms with van der Waals surface area (Å²) in [6.07, 6.45) is 0.481. The maximum Gasteiger partial charge on any atom is 0.514 e. The number of nitro groups is 1. The molecule has 1 N–H and O–H groups in total. The number of non-ortho nitro benzene ring substituents is 1. The Morgan fingerprint density at radius 3 is 2.56 bits per heavy atom. The topological polar surface area (TPSA) is 169 Å². The van der Waals surface area contributed by atoms with Gasteiger partial charge in [0.1, 0.15) is 29.5 Å². The molecular weight excluding hydrogens is 474 g/mol. The van der Waals surface area contributed by atoms with E-state index in [0.717, 1.165) is 6.42 Å². The molecule has 2 aromatic heterocycles. The van der Waals surface area contributed by atoms with Crippen molar-refractivity contribution in [3.8, 4) is 22.9 Å². The number of pyridine rings is 1. The third kappa shape index (κ3) is 5.40. The first-order valence-corrected chi connectivity index (χ1v) is 11.0. The summed E-state index contributed by atoms with van der Waals surface area (Å²) < 4.78 is 17.5. The zero-order valence-corrected chi connectivity index (χ0v) is 19.5. The molecule has 0 spiro atoms. The van der Waals surface area contributed by atoms with Crippen molar-refractivity contribution in [1.29, 1.82) is 0 Å². The molecule has 2 atom stereocenters. The molecule has 4 rings (SSSR count). The van der Waals surface area contributed by atoms with E-state index in [-0.39, 0.29) is 29.9 Å². The van der Waals surface area contributed by atoms with Gasteiger partial charge in [-0.25, -0.2) is 14.5 Å². The minimum atomic E-state index is -1.00. The second-order valence-corrected chi connectivity index (χ2v) is 8.27. The number of carbonyl (C=O) groups is 2. The molecule has 0 aliphatic heterocycles. The van der Waals surface area contributed by atoms with E-state index >= 15 is 0 Å². The number of nitrogens with zero attached hydrogens (tertiary/aromatic N) is 5. The molecule has 0 radical (unpaired) electrons. The van der Waals surface area contributed by atoms with Gasteiger partial charge in [0.25, 0.3) is 5.69 Å². The summed E-state index contributed by atoms with van der Waals surface area (Å²) in [5, 5.41) is 28.0. The normalized spacial score (nSPS) is 16.6. The third-order valence-corrected chi connectivity index (χ3v) is 5.99. The standard InChI is InChI=1S/C23H23N5O8/c1-13-20(34-11-14-3-8-17(14)22(29)30)10-9-18(24-13)21-19(27(2)26-25-21)12-35-23(31)36-16-6-4-15(5-7-16)28(32)33/h4-7,9-10,14,17H,3,8,11-12H2,1-2H3,(H,29,30). The first kappa shape index (κ1) is 24.6. The Balaban J connectivity index is 1.38. The fraction of sp³-hybridized carbons (Fsp3) is 0.348. The molecular formula is C23H23N5O8. The highest BCUT2D eigenvalue weighted by atomic mass is 16.7. The third-order valence-electron chi connectivity index (χ3n) is 5.99. The van der Waals surface area contributed by atoms with Crippen LogP contribution in [0.25, 0.3) is 11.4 Å². The van der Waals surface area contributed by atoms with Crippen LogP contribution in [-0.4, -0.2) is 48.7 Å². The number of benzene rings is 1. The van der Waals surface area contributed by atoms with Gasteiger partial charge in [-0.2, -0.15) is 0 Å². The van der Waals surface area contributed by atoms with Gasteiger partial charge in [-0.3, -0.25) is 14.9 Å². The van der Waals surface area contributed by atoms with Crippen molar-refractivity contribution in [3.05, 3.63) is 57.9 Å². The van der Waals surface area contributed by atoms with E-state index in [1.54, 1.807) is 26.1 Å². The number of nitro benzene ring substituents is 1. The van der Waals surface area contributed by atoms with Crippen LogP contribution in [0.5, 0.6) is 11.5 Å². The summed E-state index contributed by atoms with van der Waals surface area (Å²) in [5.41, 5.74) is 1.82. The van der Waals surface area contributed by atoms with Crippen molar-refractivity contribution in [3.63, 3.8) is 0 Å². The fourth-order valence-corrected chi connectivity index (χ4v) is 3.75. The minimum absolute atomic E-state index is 0.0175. The Morgan fingerprint density at radius 2 is 1.94 bits per heavy atom. The van der Waals surface area contributed by atoms with Crippen molar-refractivity contribution < 1.29 is 33.8 Å². The van der Waals surface area contributed by atoms with Gasteiger partial charge in [-0.1, -0.05) is 5.21 Å². The first-order valence-electron chi connectivity index (χ1n) is 11.0. The number of aromatic nitrogens is 4. The highest BCUT2D eigenvalue weighted by molar-refractivity contribution is 5.71. The van der Waals surface area contributed by atoms with E-state index in [2.05, 4.69) is 15.3 Å². The number of carboxylic acid groups (broad SMARTS) is 1. The number of hydrogen-bond donors (Lipinski definition) is 1. The number of aliphatic carboxylic acids is 1. The summed E-state index contributed by atoms with van der Waals surface area (Å²) in [5.74, 6) is -0.543.